The maximum Gasteiger partial charge on any atom is 0.410 e. The number of alkyl halides is 3. The van der Waals surface area contributed by atoms with Gasteiger partial charge in [0, 0.05) is 12.1 Å². The Kier molecular flexibility index (Phi) is 6.46. The van der Waals surface area contributed by atoms with E-state index in [4.69, 9.17) is 16.3 Å². The van der Waals surface area contributed by atoms with Gasteiger partial charge in [-0.05, 0) is 42.3 Å². The second-order valence-electron chi connectivity index (χ2n) is 7.97. The van der Waals surface area contributed by atoms with Crippen molar-refractivity contribution in [3.05, 3.63) is 70.4 Å². The van der Waals surface area contributed by atoms with Crippen LogP contribution in [-0.4, -0.2) is 34.1 Å². The number of anilines is 2. The number of nitrogens with one attached hydrogen (secondary N) is 2. The maximum absolute atomic E-state index is 13.9. The lowest BCUT2D eigenvalue weighted by Crippen LogP contribution is -2.35. The predicted molar refractivity (Wildman–Crippen MR) is 121 cm³/mol. The van der Waals surface area contributed by atoms with Gasteiger partial charge in [-0.3, -0.25) is 4.79 Å². The van der Waals surface area contributed by atoms with Gasteiger partial charge in [0.25, 0.3) is 5.91 Å². The van der Waals surface area contributed by atoms with E-state index in [2.05, 4.69) is 15.7 Å². The second kappa shape index (κ2) is 9.19. The van der Waals surface area contributed by atoms with E-state index in [1.807, 2.05) is 0 Å². The van der Waals surface area contributed by atoms with E-state index in [-0.39, 0.29) is 23.0 Å². The van der Waals surface area contributed by atoms with Crippen LogP contribution in [0, 0.1) is 0 Å². The zero-order valence-corrected chi connectivity index (χ0v) is 19.0. The summed E-state index contributed by atoms with van der Waals surface area (Å²) in [5.41, 5.74) is 1.32. The Morgan fingerprint density at radius 3 is 2.44 bits per heavy atom. The van der Waals surface area contributed by atoms with Gasteiger partial charge in [-0.15, -0.1) is 0 Å². The molecule has 3 atom stereocenters. The number of nitrogens with zero attached hydrogens (tertiary/aromatic N) is 2. The number of hydrogen-bond donors (Lipinski definition) is 3. The molecule has 1 aliphatic rings. The van der Waals surface area contributed by atoms with Gasteiger partial charge in [-0.2, -0.15) is 18.3 Å². The molecular formula is C23H22ClF3N4O3. The zero-order valence-electron chi connectivity index (χ0n) is 18.2. The molecule has 2 aromatic carbocycles. The minimum Gasteiger partial charge on any atom is -0.497 e. The average Bonchev–Trinajstić information content (AvgIpc) is 3.14. The first-order valence-electron chi connectivity index (χ1n) is 10.4. The van der Waals surface area contributed by atoms with Crippen LogP contribution in [0.5, 0.6) is 5.75 Å². The number of halogens is 4. The molecule has 1 aliphatic heterocycles. The highest BCUT2D eigenvalue weighted by molar-refractivity contribution is 6.36. The third-order valence-electron chi connectivity index (χ3n) is 5.68. The van der Waals surface area contributed by atoms with Crippen LogP contribution in [0.2, 0.25) is 5.02 Å². The molecule has 180 valence electrons. The highest BCUT2D eigenvalue weighted by Crippen LogP contribution is 2.46. The Bertz CT molecular complexity index is 1180. The maximum atomic E-state index is 13.9. The number of ether oxygens (including phenoxy) is 1. The number of methoxy groups -OCH3 is 1. The number of amides is 1. The van der Waals surface area contributed by atoms with Crippen LogP contribution in [0.15, 0.2) is 48.5 Å². The van der Waals surface area contributed by atoms with Crippen LogP contribution in [0.3, 0.4) is 0 Å². The highest BCUT2D eigenvalue weighted by atomic mass is 35.5. The molecule has 0 spiro atoms. The summed E-state index contributed by atoms with van der Waals surface area (Å²) in [6.07, 6.45) is -5.62. The quantitative estimate of drug-likeness (QED) is 0.435. The molecule has 11 heteroatoms. The number of rotatable bonds is 5. The summed E-state index contributed by atoms with van der Waals surface area (Å²) < 4.78 is 47.7. The summed E-state index contributed by atoms with van der Waals surface area (Å²) in [5, 5.41) is 18.9. The number of aliphatic hydroxyl groups excluding tert-OH is 1. The summed E-state index contributed by atoms with van der Waals surface area (Å²) in [7, 11) is 1.50. The van der Waals surface area contributed by atoms with Crippen LogP contribution in [-0.2, 0) is 0 Å². The molecule has 7 nitrogen and oxygen atoms in total. The van der Waals surface area contributed by atoms with Crippen LogP contribution in [0.1, 0.15) is 53.1 Å². The second-order valence-corrected chi connectivity index (χ2v) is 8.35. The van der Waals surface area contributed by atoms with Crippen molar-refractivity contribution in [1.82, 2.24) is 9.78 Å². The molecule has 0 saturated carbocycles. The third kappa shape index (κ3) is 4.69. The summed E-state index contributed by atoms with van der Waals surface area (Å²) in [6, 6.07) is 10.4. The fourth-order valence-corrected chi connectivity index (χ4v) is 4.09. The Hall–Kier alpha value is -3.24. The molecule has 0 radical (unpaired) electrons. The monoisotopic (exact) mass is 494 g/mol. The van der Waals surface area contributed by atoms with Crippen molar-refractivity contribution >= 4 is 29.0 Å². The van der Waals surface area contributed by atoms with Gasteiger partial charge < -0.3 is 20.5 Å². The third-order valence-corrected chi connectivity index (χ3v) is 6.04. The molecule has 1 amide bonds. The number of aromatic nitrogens is 2. The van der Waals surface area contributed by atoms with Crippen molar-refractivity contribution < 1.29 is 27.8 Å². The molecule has 3 N–H and O–H groups in total. The van der Waals surface area contributed by atoms with Crippen LogP contribution in [0.4, 0.5) is 24.7 Å². The topological polar surface area (TPSA) is 88.4 Å². The van der Waals surface area contributed by atoms with E-state index < -0.39 is 30.3 Å². The molecule has 4 rings (SSSR count). The van der Waals surface area contributed by atoms with Crippen molar-refractivity contribution in [3.63, 3.8) is 0 Å². The van der Waals surface area contributed by atoms with E-state index in [1.54, 1.807) is 55.5 Å². The van der Waals surface area contributed by atoms with Gasteiger partial charge in [0.15, 0.2) is 11.7 Å². The summed E-state index contributed by atoms with van der Waals surface area (Å²) in [5.74, 6) is -0.249. The molecule has 0 unspecified atom stereocenters. The van der Waals surface area contributed by atoms with Crippen molar-refractivity contribution in [3.8, 4) is 5.75 Å². The molecule has 2 heterocycles. The fraction of sp³-hybridized carbons (Fsp3) is 0.304. The van der Waals surface area contributed by atoms with E-state index in [1.165, 1.54) is 7.11 Å². The lowest BCUT2D eigenvalue weighted by Gasteiger charge is -2.33. The molecule has 34 heavy (non-hydrogen) atoms. The minimum absolute atomic E-state index is 0.0781. The number of aliphatic hydroxyl groups is 1. The van der Waals surface area contributed by atoms with E-state index in [0.29, 0.717) is 22.6 Å². The number of hydrogen-bond acceptors (Lipinski definition) is 5. The molecule has 0 fully saturated rings. The standard InChI is InChI=1S/C23H22ClF3N4O3/c1-12(32)13-3-7-15(8-4-13)28-22(33)20-19(24)21-29-17(14-5-9-16(34-2)10-6-14)11-18(23(25,26)27)31(21)30-20/h3-10,12,17-18,29,32H,11H2,1-2H3,(H,28,33)/t12-,17+,18-/m0/s1. The van der Waals surface area contributed by atoms with Gasteiger partial charge in [0.05, 0.1) is 19.3 Å². The van der Waals surface area contributed by atoms with Crippen molar-refractivity contribution in [2.45, 2.75) is 37.7 Å². The number of carbonyl (C=O) groups excluding carboxylic acids is 1. The first kappa shape index (κ1) is 23.9. The number of carbonyl (C=O) groups is 1. The first-order chi connectivity index (χ1) is 16.1. The van der Waals surface area contributed by atoms with Crippen molar-refractivity contribution in [1.29, 1.82) is 0 Å². The van der Waals surface area contributed by atoms with Gasteiger partial charge >= 0.3 is 6.18 Å². The molecule has 1 aromatic heterocycles. The Morgan fingerprint density at radius 1 is 1.24 bits per heavy atom. The van der Waals surface area contributed by atoms with Gasteiger partial charge in [0.1, 0.15) is 16.6 Å². The largest absolute Gasteiger partial charge is 0.497 e. The molecule has 0 saturated heterocycles. The Labute approximate surface area is 198 Å². The van der Waals surface area contributed by atoms with Gasteiger partial charge in [-0.25, -0.2) is 4.68 Å². The number of benzene rings is 2. The summed E-state index contributed by atoms with van der Waals surface area (Å²) >= 11 is 6.36. The van der Waals surface area contributed by atoms with E-state index in [9.17, 15) is 23.1 Å². The lowest BCUT2D eigenvalue weighted by atomic mass is 9.97. The average molecular weight is 495 g/mol. The van der Waals surface area contributed by atoms with Crippen LogP contribution >= 0.6 is 11.6 Å². The molecule has 0 bridgehead atoms. The van der Waals surface area contributed by atoms with Crippen LogP contribution < -0.4 is 15.4 Å². The predicted octanol–water partition coefficient (Wildman–Crippen LogP) is 5.51. The fourth-order valence-electron chi connectivity index (χ4n) is 3.82. The zero-order chi connectivity index (χ0) is 24.6. The molecular weight excluding hydrogens is 473 g/mol. The Morgan fingerprint density at radius 2 is 1.88 bits per heavy atom. The Balaban J connectivity index is 1.64. The van der Waals surface area contributed by atoms with Gasteiger partial charge in [-0.1, -0.05) is 35.9 Å². The smallest absolute Gasteiger partial charge is 0.410 e. The van der Waals surface area contributed by atoms with E-state index >= 15 is 0 Å². The first-order valence-corrected chi connectivity index (χ1v) is 10.8. The van der Waals surface area contributed by atoms with Crippen molar-refractivity contribution in [2.24, 2.45) is 0 Å². The molecule has 0 aliphatic carbocycles. The highest BCUT2D eigenvalue weighted by Gasteiger charge is 2.47. The van der Waals surface area contributed by atoms with Crippen LogP contribution in [0.25, 0.3) is 0 Å². The lowest BCUT2D eigenvalue weighted by molar-refractivity contribution is -0.173. The SMILES string of the molecule is COc1ccc([C@H]2C[C@@H](C(F)(F)F)n3nc(C(=O)Nc4ccc([C@H](C)O)cc4)c(Cl)c3N2)cc1. The summed E-state index contributed by atoms with van der Waals surface area (Å²) in [6.45, 7) is 1.60. The number of fused-ring (bicyclic) bond motifs is 1. The normalized spacial score (nSPS) is 18.6. The van der Waals surface area contributed by atoms with E-state index in [0.717, 1.165) is 4.68 Å². The summed E-state index contributed by atoms with van der Waals surface area (Å²) in [4.78, 5) is 12.8. The molecule has 3 aromatic rings. The van der Waals surface area contributed by atoms with Gasteiger partial charge in [0.2, 0.25) is 0 Å². The van der Waals surface area contributed by atoms with Crippen molar-refractivity contribution in [2.75, 3.05) is 17.7 Å². The minimum atomic E-state index is -4.61.